The molecule has 1 saturated carbocycles. The lowest BCUT2D eigenvalue weighted by molar-refractivity contribution is 0.334. The lowest BCUT2D eigenvalue weighted by atomic mass is 9.85. The summed E-state index contributed by atoms with van der Waals surface area (Å²) in [5, 5.41) is 1.21. The lowest BCUT2D eigenvalue weighted by Crippen LogP contribution is -2.25. The molecule has 1 aliphatic rings. The van der Waals surface area contributed by atoms with E-state index in [9.17, 15) is 0 Å². The molecule has 0 spiro atoms. The van der Waals surface area contributed by atoms with Crippen LogP contribution in [0, 0.1) is 11.3 Å². The van der Waals surface area contributed by atoms with Crippen molar-refractivity contribution in [2.75, 3.05) is 16.8 Å². The van der Waals surface area contributed by atoms with Crippen LogP contribution in [0.5, 0.6) is 0 Å². The number of hydrogen-bond donors (Lipinski definition) is 0. The zero-order valence-electron chi connectivity index (χ0n) is 10.2. The Bertz CT molecular complexity index is 160. The van der Waals surface area contributed by atoms with Gasteiger partial charge < -0.3 is 0 Å². The molecule has 0 atom stereocenters. The normalized spacial score (nSPS) is 21.6. The van der Waals surface area contributed by atoms with Gasteiger partial charge in [-0.15, -0.1) is 0 Å². The molecule has 0 aliphatic heterocycles. The first-order valence-corrected chi connectivity index (χ1v) is 8.60. The van der Waals surface area contributed by atoms with Gasteiger partial charge in [0.05, 0.1) is 0 Å². The number of hydrogen-bond acceptors (Lipinski definition) is 1. The third-order valence-corrected chi connectivity index (χ3v) is 6.22. The molecule has 0 aromatic carbocycles. The van der Waals surface area contributed by atoms with Gasteiger partial charge >= 0.3 is 0 Å². The molecule has 0 nitrogen and oxygen atoms in total. The molecule has 0 aromatic heterocycles. The Kier molecular flexibility index (Phi) is 6.68. The molecule has 1 fully saturated rings. The van der Waals surface area contributed by atoms with E-state index in [2.05, 4.69) is 41.5 Å². The van der Waals surface area contributed by atoms with Crippen LogP contribution in [0.25, 0.3) is 0 Å². The van der Waals surface area contributed by atoms with Gasteiger partial charge in [0, 0.05) is 5.33 Å². The smallest absolute Gasteiger partial charge is 0.00958 e. The quantitative estimate of drug-likeness (QED) is 0.501. The van der Waals surface area contributed by atoms with Crippen LogP contribution in [0.2, 0.25) is 0 Å². The summed E-state index contributed by atoms with van der Waals surface area (Å²) in [4.78, 5) is 0. The lowest BCUT2D eigenvalue weighted by Gasteiger charge is -2.30. The van der Waals surface area contributed by atoms with E-state index in [4.69, 9.17) is 0 Å². The summed E-state index contributed by atoms with van der Waals surface area (Å²) in [5.41, 5.74) is 0.621. The highest BCUT2D eigenvalue weighted by molar-refractivity contribution is 9.09. The van der Waals surface area contributed by atoms with Crippen LogP contribution >= 0.6 is 27.7 Å². The second-order valence-corrected chi connectivity index (χ2v) is 7.05. The first-order valence-electron chi connectivity index (χ1n) is 6.32. The van der Waals surface area contributed by atoms with Crippen molar-refractivity contribution in [3.63, 3.8) is 0 Å². The maximum absolute atomic E-state index is 3.76. The van der Waals surface area contributed by atoms with Gasteiger partial charge in [0.15, 0.2) is 0 Å². The Hall–Kier alpha value is 0.830. The Morgan fingerprint density at radius 3 is 2.20 bits per heavy atom. The number of thioether (sulfide) groups is 1. The molecule has 90 valence electrons. The highest BCUT2D eigenvalue weighted by atomic mass is 79.9. The molecule has 0 unspecified atom stereocenters. The van der Waals surface area contributed by atoms with Crippen molar-refractivity contribution in [3.8, 4) is 0 Å². The Morgan fingerprint density at radius 1 is 1.13 bits per heavy atom. The van der Waals surface area contributed by atoms with Gasteiger partial charge in [-0.1, -0.05) is 55.5 Å². The predicted octanol–water partition coefficient (Wildman–Crippen LogP) is 5.11. The molecule has 0 N–H and O–H groups in total. The molecule has 0 heterocycles. The fraction of sp³-hybridized carbons (Fsp3) is 1.00. The summed E-state index contributed by atoms with van der Waals surface area (Å²) in [6, 6.07) is 0. The summed E-state index contributed by atoms with van der Waals surface area (Å²) < 4.78 is 0. The van der Waals surface area contributed by atoms with Crippen molar-refractivity contribution in [2.45, 2.75) is 52.4 Å². The molecule has 1 rings (SSSR count). The van der Waals surface area contributed by atoms with Crippen LogP contribution < -0.4 is 0 Å². The van der Waals surface area contributed by atoms with E-state index in [0.717, 1.165) is 5.92 Å². The Labute approximate surface area is 108 Å². The third kappa shape index (κ3) is 5.12. The summed E-state index contributed by atoms with van der Waals surface area (Å²) in [6.45, 7) is 4.64. The van der Waals surface area contributed by atoms with E-state index in [1.807, 2.05) is 0 Å². The minimum Gasteiger partial charge on any atom is -0.161 e. The second-order valence-electron chi connectivity index (χ2n) is 5.46. The minimum atomic E-state index is 0.621. The largest absolute Gasteiger partial charge is 0.161 e. The second kappa shape index (κ2) is 7.21. The highest BCUT2D eigenvalue weighted by Crippen LogP contribution is 2.39. The maximum atomic E-state index is 3.76. The van der Waals surface area contributed by atoms with Gasteiger partial charge in [-0.2, -0.15) is 11.8 Å². The zero-order valence-corrected chi connectivity index (χ0v) is 12.6. The van der Waals surface area contributed by atoms with E-state index < -0.39 is 0 Å². The molecule has 0 radical (unpaired) electrons. The van der Waals surface area contributed by atoms with Gasteiger partial charge in [-0.05, 0) is 35.7 Å². The predicted molar refractivity (Wildman–Crippen MR) is 76.1 cm³/mol. The minimum absolute atomic E-state index is 0.621. The first-order chi connectivity index (χ1) is 7.18. The van der Waals surface area contributed by atoms with Gasteiger partial charge in [0.1, 0.15) is 0 Å². The SMILES string of the molecule is CC(C)CSCC1(CBr)CCCCCC1. The Balaban J connectivity index is 2.36. The molecule has 0 amide bonds. The Morgan fingerprint density at radius 2 is 1.73 bits per heavy atom. The van der Waals surface area contributed by atoms with Crippen molar-refractivity contribution >= 4 is 27.7 Å². The topological polar surface area (TPSA) is 0 Å². The third-order valence-electron chi connectivity index (χ3n) is 3.31. The average molecular weight is 293 g/mol. The van der Waals surface area contributed by atoms with Crippen molar-refractivity contribution in [3.05, 3.63) is 0 Å². The van der Waals surface area contributed by atoms with Crippen LogP contribution in [0.1, 0.15) is 52.4 Å². The fourth-order valence-corrected chi connectivity index (χ4v) is 4.74. The van der Waals surface area contributed by atoms with E-state index in [0.29, 0.717) is 5.41 Å². The number of rotatable bonds is 5. The van der Waals surface area contributed by atoms with Gasteiger partial charge in [0.2, 0.25) is 0 Å². The maximum Gasteiger partial charge on any atom is 0.00958 e. The summed E-state index contributed by atoms with van der Waals surface area (Å²) in [5.74, 6) is 3.54. The van der Waals surface area contributed by atoms with Crippen LogP contribution in [0.4, 0.5) is 0 Å². The molecular formula is C13H25BrS. The van der Waals surface area contributed by atoms with E-state index in [1.54, 1.807) is 0 Å². The highest BCUT2D eigenvalue weighted by Gasteiger charge is 2.29. The molecule has 2 heteroatoms. The van der Waals surface area contributed by atoms with Gasteiger partial charge in [0.25, 0.3) is 0 Å². The molecule has 1 aliphatic carbocycles. The van der Waals surface area contributed by atoms with E-state index >= 15 is 0 Å². The van der Waals surface area contributed by atoms with Crippen molar-refractivity contribution in [1.29, 1.82) is 0 Å². The average Bonchev–Trinajstić information content (AvgIpc) is 2.44. The molecular weight excluding hydrogens is 268 g/mol. The van der Waals surface area contributed by atoms with Crippen molar-refractivity contribution in [1.82, 2.24) is 0 Å². The van der Waals surface area contributed by atoms with Crippen molar-refractivity contribution in [2.24, 2.45) is 11.3 Å². The van der Waals surface area contributed by atoms with Crippen LogP contribution in [0.15, 0.2) is 0 Å². The van der Waals surface area contributed by atoms with Crippen LogP contribution in [-0.2, 0) is 0 Å². The monoisotopic (exact) mass is 292 g/mol. The van der Waals surface area contributed by atoms with Crippen LogP contribution in [-0.4, -0.2) is 16.8 Å². The van der Waals surface area contributed by atoms with Gasteiger partial charge in [-0.25, -0.2) is 0 Å². The molecule has 0 aromatic rings. The number of halogens is 1. The van der Waals surface area contributed by atoms with E-state index in [1.165, 1.54) is 55.4 Å². The fourth-order valence-electron chi connectivity index (χ4n) is 2.31. The van der Waals surface area contributed by atoms with E-state index in [-0.39, 0.29) is 0 Å². The first kappa shape index (κ1) is 13.9. The standard InChI is InChI=1S/C13H25BrS/c1-12(2)9-15-11-13(10-14)7-5-3-4-6-8-13/h12H,3-11H2,1-2H3. The molecule has 0 bridgehead atoms. The molecule has 0 saturated heterocycles. The summed E-state index contributed by atoms with van der Waals surface area (Å²) >= 11 is 5.93. The molecule has 15 heavy (non-hydrogen) atoms. The van der Waals surface area contributed by atoms with Crippen molar-refractivity contribution < 1.29 is 0 Å². The zero-order chi connectivity index (χ0) is 11.1. The number of alkyl halides is 1. The van der Waals surface area contributed by atoms with Crippen LogP contribution in [0.3, 0.4) is 0 Å². The summed E-state index contributed by atoms with van der Waals surface area (Å²) in [7, 11) is 0. The summed E-state index contributed by atoms with van der Waals surface area (Å²) in [6.07, 6.45) is 8.72. The van der Waals surface area contributed by atoms with Gasteiger partial charge in [-0.3, -0.25) is 0 Å².